The molecule has 3 aliphatic rings. The average Bonchev–Trinajstić information content (AvgIpc) is 3.61. The van der Waals surface area contributed by atoms with Gasteiger partial charge in [-0.3, -0.25) is 9.69 Å². The Kier molecular flexibility index (Phi) is 6.22. The first-order valence-electron chi connectivity index (χ1n) is 11.0. The zero-order chi connectivity index (χ0) is 19.4. The van der Waals surface area contributed by atoms with Crippen LogP contribution < -0.4 is 10.1 Å². The Morgan fingerprint density at radius 2 is 1.93 bits per heavy atom. The third kappa shape index (κ3) is 4.06. The van der Waals surface area contributed by atoms with Crippen molar-refractivity contribution in [1.29, 1.82) is 0 Å². The summed E-state index contributed by atoms with van der Waals surface area (Å²) in [5.74, 6) is 1.71. The molecule has 5 heteroatoms. The fraction of sp³-hybridized carbons (Fsp3) is 0.696. The van der Waals surface area contributed by atoms with Gasteiger partial charge in [-0.1, -0.05) is 24.6 Å². The number of piperidine rings is 1. The lowest BCUT2D eigenvalue weighted by atomic mass is 9.74. The van der Waals surface area contributed by atoms with Crippen LogP contribution in [-0.4, -0.2) is 50.8 Å². The molecular weight excluding hydrogens is 352 g/mol. The molecule has 1 saturated carbocycles. The average molecular weight is 387 g/mol. The van der Waals surface area contributed by atoms with Gasteiger partial charge in [0.2, 0.25) is 5.91 Å². The van der Waals surface area contributed by atoms with E-state index in [0.29, 0.717) is 25.7 Å². The molecule has 1 atom stereocenters. The van der Waals surface area contributed by atoms with E-state index in [2.05, 4.69) is 22.3 Å². The van der Waals surface area contributed by atoms with Crippen LogP contribution in [0.1, 0.15) is 56.6 Å². The maximum Gasteiger partial charge on any atom is 0.226 e. The molecule has 2 aliphatic heterocycles. The topological polar surface area (TPSA) is 50.8 Å². The summed E-state index contributed by atoms with van der Waals surface area (Å²) in [6.45, 7) is 4.24. The predicted molar refractivity (Wildman–Crippen MR) is 109 cm³/mol. The SMILES string of the molecule is COc1ccccc1C(CNC(=O)C1(C2CC2)CCOCC1)N1CCCCC1. The highest BCUT2D eigenvalue weighted by atomic mass is 16.5. The molecule has 1 aromatic carbocycles. The van der Waals surface area contributed by atoms with Crippen LogP contribution in [0.2, 0.25) is 0 Å². The van der Waals surface area contributed by atoms with Crippen LogP contribution in [0, 0.1) is 11.3 Å². The molecule has 4 rings (SSSR count). The minimum atomic E-state index is -0.203. The quantitative estimate of drug-likeness (QED) is 0.779. The van der Waals surface area contributed by atoms with Crippen LogP contribution in [0.4, 0.5) is 0 Å². The number of hydrogen-bond acceptors (Lipinski definition) is 4. The van der Waals surface area contributed by atoms with Crippen molar-refractivity contribution in [3.05, 3.63) is 29.8 Å². The Hall–Kier alpha value is -1.59. The predicted octanol–water partition coefficient (Wildman–Crippen LogP) is 3.55. The maximum atomic E-state index is 13.4. The number of methoxy groups -OCH3 is 1. The fourth-order valence-electron chi connectivity index (χ4n) is 5.17. The molecule has 1 amide bonds. The normalized spacial score (nSPS) is 23.8. The van der Waals surface area contributed by atoms with Crippen molar-refractivity contribution in [1.82, 2.24) is 10.2 Å². The second-order valence-electron chi connectivity index (χ2n) is 8.61. The van der Waals surface area contributed by atoms with Crippen molar-refractivity contribution < 1.29 is 14.3 Å². The number of benzene rings is 1. The van der Waals surface area contributed by atoms with Crippen LogP contribution in [0.5, 0.6) is 5.75 Å². The zero-order valence-electron chi connectivity index (χ0n) is 17.1. The molecule has 1 unspecified atom stereocenters. The summed E-state index contributed by atoms with van der Waals surface area (Å²) < 4.78 is 11.2. The van der Waals surface area contributed by atoms with E-state index in [4.69, 9.17) is 9.47 Å². The Morgan fingerprint density at radius 1 is 1.21 bits per heavy atom. The van der Waals surface area contributed by atoms with Crippen LogP contribution >= 0.6 is 0 Å². The van der Waals surface area contributed by atoms with Crippen molar-refractivity contribution in [3.8, 4) is 5.75 Å². The minimum Gasteiger partial charge on any atom is -0.496 e. The van der Waals surface area contributed by atoms with Gasteiger partial charge in [0, 0.05) is 25.3 Å². The van der Waals surface area contributed by atoms with E-state index in [1.807, 2.05) is 12.1 Å². The summed E-state index contributed by atoms with van der Waals surface area (Å²) in [5.41, 5.74) is 0.977. The molecule has 154 valence electrons. The van der Waals surface area contributed by atoms with Gasteiger partial charge in [0.1, 0.15) is 5.75 Å². The van der Waals surface area contributed by atoms with E-state index in [0.717, 1.165) is 31.7 Å². The molecule has 2 heterocycles. The summed E-state index contributed by atoms with van der Waals surface area (Å²) in [7, 11) is 1.73. The van der Waals surface area contributed by atoms with Crippen LogP contribution in [0.3, 0.4) is 0 Å². The van der Waals surface area contributed by atoms with Crippen LogP contribution in [0.25, 0.3) is 0 Å². The van der Waals surface area contributed by atoms with E-state index in [1.165, 1.54) is 37.7 Å². The number of amides is 1. The van der Waals surface area contributed by atoms with Crippen molar-refractivity contribution in [3.63, 3.8) is 0 Å². The Labute approximate surface area is 168 Å². The monoisotopic (exact) mass is 386 g/mol. The molecule has 0 bridgehead atoms. The third-order valence-electron chi connectivity index (χ3n) is 6.98. The second-order valence-corrected chi connectivity index (χ2v) is 8.61. The van der Waals surface area contributed by atoms with Crippen molar-refractivity contribution in [2.45, 2.75) is 51.0 Å². The largest absolute Gasteiger partial charge is 0.496 e. The molecule has 0 radical (unpaired) electrons. The Balaban J connectivity index is 1.51. The molecule has 2 saturated heterocycles. The summed E-state index contributed by atoms with van der Waals surface area (Å²) in [5, 5.41) is 3.37. The van der Waals surface area contributed by atoms with E-state index in [-0.39, 0.29) is 17.4 Å². The van der Waals surface area contributed by atoms with Gasteiger partial charge in [0.25, 0.3) is 0 Å². The molecule has 0 spiro atoms. The number of hydrogen-bond donors (Lipinski definition) is 1. The molecule has 0 aromatic heterocycles. The van der Waals surface area contributed by atoms with Gasteiger partial charge >= 0.3 is 0 Å². The van der Waals surface area contributed by atoms with Gasteiger partial charge < -0.3 is 14.8 Å². The Morgan fingerprint density at radius 3 is 2.61 bits per heavy atom. The number of ether oxygens (including phenoxy) is 2. The summed E-state index contributed by atoms with van der Waals surface area (Å²) in [6, 6.07) is 8.42. The number of carbonyl (C=O) groups excluding carboxylic acids is 1. The highest BCUT2D eigenvalue weighted by Gasteiger charge is 2.51. The lowest BCUT2D eigenvalue weighted by molar-refractivity contribution is -0.139. The smallest absolute Gasteiger partial charge is 0.226 e. The summed E-state index contributed by atoms with van der Waals surface area (Å²) >= 11 is 0. The van der Waals surface area contributed by atoms with Gasteiger partial charge in [-0.25, -0.2) is 0 Å². The molecule has 5 nitrogen and oxygen atoms in total. The van der Waals surface area contributed by atoms with E-state index in [9.17, 15) is 4.79 Å². The number of nitrogens with one attached hydrogen (secondary N) is 1. The number of likely N-dealkylation sites (tertiary alicyclic amines) is 1. The van der Waals surface area contributed by atoms with Gasteiger partial charge in [-0.2, -0.15) is 0 Å². The molecule has 1 aromatic rings. The summed E-state index contributed by atoms with van der Waals surface area (Å²) in [6.07, 6.45) is 7.86. The Bertz CT molecular complexity index is 662. The molecule has 3 fully saturated rings. The molecular formula is C23H34N2O3. The lowest BCUT2D eigenvalue weighted by Crippen LogP contribution is -2.49. The van der Waals surface area contributed by atoms with Gasteiger partial charge in [-0.15, -0.1) is 0 Å². The first-order chi connectivity index (χ1) is 13.7. The maximum absolute atomic E-state index is 13.4. The van der Waals surface area contributed by atoms with Crippen molar-refractivity contribution in [2.75, 3.05) is 40.0 Å². The fourth-order valence-corrected chi connectivity index (χ4v) is 5.17. The number of carbonyl (C=O) groups is 1. The van der Waals surface area contributed by atoms with Crippen molar-refractivity contribution >= 4 is 5.91 Å². The number of nitrogens with zero attached hydrogens (tertiary/aromatic N) is 1. The molecule has 1 N–H and O–H groups in total. The van der Waals surface area contributed by atoms with Gasteiger partial charge in [0.05, 0.1) is 18.6 Å². The zero-order valence-corrected chi connectivity index (χ0v) is 17.1. The number of para-hydroxylation sites is 1. The summed E-state index contributed by atoms with van der Waals surface area (Å²) in [4.78, 5) is 15.9. The van der Waals surface area contributed by atoms with Crippen LogP contribution in [0.15, 0.2) is 24.3 Å². The van der Waals surface area contributed by atoms with Crippen molar-refractivity contribution in [2.24, 2.45) is 11.3 Å². The first kappa shape index (κ1) is 19.7. The first-order valence-corrected chi connectivity index (χ1v) is 11.0. The standard InChI is InChI=1S/C23H34N2O3/c1-27-21-8-4-3-7-19(21)20(25-13-5-2-6-14-25)17-24-22(26)23(18-9-10-18)11-15-28-16-12-23/h3-4,7-8,18,20H,2,5-6,9-17H2,1H3,(H,24,26). The molecule has 28 heavy (non-hydrogen) atoms. The lowest BCUT2D eigenvalue weighted by Gasteiger charge is -2.39. The van der Waals surface area contributed by atoms with E-state index >= 15 is 0 Å². The van der Waals surface area contributed by atoms with Crippen LogP contribution in [-0.2, 0) is 9.53 Å². The highest BCUT2D eigenvalue weighted by Crippen LogP contribution is 2.51. The minimum absolute atomic E-state index is 0.163. The second kappa shape index (κ2) is 8.83. The third-order valence-corrected chi connectivity index (χ3v) is 6.98. The van der Waals surface area contributed by atoms with E-state index < -0.39 is 0 Å². The van der Waals surface area contributed by atoms with Gasteiger partial charge in [0.15, 0.2) is 0 Å². The van der Waals surface area contributed by atoms with Gasteiger partial charge in [-0.05, 0) is 63.6 Å². The highest BCUT2D eigenvalue weighted by molar-refractivity contribution is 5.83. The van der Waals surface area contributed by atoms with E-state index in [1.54, 1.807) is 7.11 Å². The molecule has 1 aliphatic carbocycles. The number of rotatable bonds is 7.